The summed E-state index contributed by atoms with van der Waals surface area (Å²) in [5.74, 6) is 1.16. The van der Waals surface area contributed by atoms with Crippen LogP contribution in [0.1, 0.15) is 45.4 Å². The largest absolute Gasteiger partial charge is 0.511 e. The number of guanidine groups is 1. The van der Waals surface area contributed by atoms with Crippen LogP contribution in [0.4, 0.5) is 13.2 Å². The monoisotopic (exact) mass is 566 g/mol. The van der Waals surface area contributed by atoms with E-state index in [9.17, 15) is 21.6 Å². The van der Waals surface area contributed by atoms with Crippen molar-refractivity contribution in [1.82, 2.24) is 14.9 Å². The fraction of sp³-hybridized carbons (Fsp3) is 0.944. The molecule has 2 saturated heterocycles. The van der Waals surface area contributed by atoms with Crippen molar-refractivity contribution in [2.24, 2.45) is 16.3 Å². The number of sulfonamides is 1. The van der Waals surface area contributed by atoms with Crippen LogP contribution in [-0.2, 0) is 14.8 Å². The molecule has 0 aromatic heterocycles. The summed E-state index contributed by atoms with van der Waals surface area (Å²) in [5.41, 5.74) is -5.05. The van der Waals surface area contributed by atoms with Crippen LogP contribution in [0.25, 0.3) is 0 Å². The van der Waals surface area contributed by atoms with Gasteiger partial charge in [-0.1, -0.05) is 6.42 Å². The third-order valence-electron chi connectivity index (χ3n) is 7.07. The van der Waals surface area contributed by atoms with Crippen molar-refractivity contribution in [3.63, 3.8) is 0 Å². The Labute approximate surface area is 192 Å². The SMILES string of the molecule is CCN=C(NC1CCN(S(=O)(=O)C(F)(F)F)CC1)NC1C2CCOC2C12CCC2.I. The number of nitrogens with one attached hydrogen (secondary N) is 2. The highest BCUT2D eigenvalue weighted by molar-refractivity contribution is 14.0. The molecule has 0 radical (unpaired) electrons. The Morgan fingerprint density at radius 2 is 1.87 bits per heavy atom. The minimum absolute atomic E-state index is 0. The van der Waals surface area contributed by atoms with E-state index in [0.29, 0.717) is 47.7 Å². The predicted molar refractivity (Wildman–Crippen MR) is 117 cm³/mol. The van der Waals surface area contributed by atoms with Gasteiger partial charge < -0.3 is 15.4 Å². The lowest BCUT2D eigenvalue weighted by atomic mass is 9.46. The summed E-state index contributed by atoms with van der Waals surface area (Å²) in [6, 6.07) is 0.202. The van der Waals surface area contributed by atoms with E-state index in [-0.39, 0.29) is 48.5 Å². The van der Waals surface area contributed by atoms with E-state index in [0.717, 1.165) is 25.9 Å². The first-order valence-electron chi connectivity index (χ1n) is 10.4. The smallest absolute Gasteiger partial charge is 0.377 e. The van der Waals surface area contributed by atoms with Gasteiger partial charge in [-0.2, -0.15) is 17.5 Å². The molecule has 2 N–H and O–H groups in total. The number of rotatable bonds is 4. The van der Waals surface area contributed by atoms with Crippen molar-refractivity contribution >= 4 is 40.0 Å². The molecular formula is C18H30F3IN4O3S. The van der Waals surface area contributed by atoms with E-state index in [1.54, 1.807) is 0 Å². The van der Waals surface area contributed by atoms with Crippen LogP contribution in [0.3, 0.4) is 0 Å². The highest BCUT2D eigenvalue weighted by Crippen LogP contribution is 2.62. The van der Waals surface area contributed by atoms with Gasteiger partial charge in [-0.3, -0.25) is 4.99 Å². The molecule has 4 aliphatic rings. The van der Waals surface area contributed by atoms with E-state index in [4.69, 9.17) is 4.74 Å². The zero-order chi connectivity index (χ0) is 20.9. The summed E-state index contributed by atoms with van der Waals surface area (Å²) in [6.45, 7) is 3.02. The lowest BCUT2D eigenvalue weighted by Crippen LogP contribution is -2.72. The van der Waals surface area contributed by atoms with Gasteiger partial charge in [-0.15, -0.1) is 24.0 Å². The molecule has 0 aromatic carbocycles. The Balaban J connectivity index is 0.00000256. The maximum Gasteiger partial charge on any atom is 0.511 e. The standard InChI is InChI=1S/C18H29F3N4O3S.HI/c1-2-22-16(24-14-13-6-11-28-15(13)17(14)7-3-8-17)23-12-4-9-25(10-5-12)29(26,27)18(19,20)21;/h12-15H,2-11H2,1H3,(H2,22,23,24);1H. The Morgan fingerprint density at radius 1 is 1.20 bits per heavy atom. The van der Waals surface area contributed by atoms with Gasteiger partial charge in [0.2, 0.25) is 0 Å². The number of hydrogen-bond donors (Lipinski definition) is 2. The summed E-state index contributed by atoms with van der Waals surface area (Å²) in [4.78, 5) is 4.53. The molecule has 0 aromatic rings. The van der Waals surface area contributed by atoms with Crippen molar-refractivity contribution in [3.8, 4) is 0 Å². The van der Waals surface area contributed by atoms with E-state index < -0.39 is 15.5 Å². The van der Waals surface area contributed by atoms with Crippen LogP contribution >= 0.6 is 24.0 Å². The van der Waals surface area contributed by atoms with Crippen molar-refractivity contribution in [2.45, 2.75) is 69.1 Å². The molecule has 3 atom stereocenters. The molecule has 2 saturated carbocycles. The number of piperidine rings is 1. The van der Waals surface area contributed by atoms with Crippen LogP contribution in [0.5, 0.6) is 0 Å². The molecule has 12 heteroatoms. The topological polar surface area (TPSA) is 83.0 Å². The zero-order valence-electron chi connectivity index (χ0n) is 17.0. The van der Waals surface area contributed by atoms with Crippen LogP contribution in [0.15, 0.2) is 4.99 Å². The van der Waals surface area contributed by atoms with Gasteiger partial charge in [0.05, 0.1) is 6.10 Å². The molecule has 174 valence electrons. The minimum Gasteiger partial charge on any atom is -0.377 e. The molecule has 2 aliphatic carbocycles. The third-order valence-corrected chi connectivity index (χ3v) is 8.70. The van der Waals surface area contributed by atoms with Crippen molar-refractivity contribution in [1.29, 1.82) is 0 Å². The Morgan fingerprint density at radius 3 is 2.40 bits per heavy atom. The molecule has 4 fully saturated rings. The van der Waals surface area contributed by atoms with E-state index in [2.05, 4.69) is 15.6 Å². The lowest BCUT2D eigenvalue weighted by Gasteiger charge is -2.63. The molecule has 2 heterocycles. The maximum absolute atomic E-state index is 12.7. The van der Waals surface area contributed by atoms with Gasteiger partial charge in [0.1, 0.15) is 0 Å². The Kier molecular flexibility index (Phi) is 7.20. The molecule has 3 unspecified atom stereocenters. The predicted octanol–water partition coefficient (Wildman–Crippen LogP) is 2.43. The van der Waals surface area contributed by atoms with Gasteiger partial charge in [-0.25, -0.2) is 8.42 Å². The van der Waals surface area contributed by atoms with Crippen molar-refractivity contribution in [3.05, 3.63) is 0 Å². The van der Waals surface area contributed by atoms with Crippen LogP contribution < -0.4 is 10.6 Å². The molecular weight excluding hydrogens is 536 g/mol. The van der Waals surface area contributed by atoms with Gasteiger partial charge >= 0.3 is 15.5 Å². The normalized spacial score (nSPS) is 32.0. The average Bonchev–Trinajstić information content (AvgIpc) is 3.03. The first-order chi connectivity index (χ1) is 13.7. The second-order valence-electron chi connectivity index (χ2n) is 8.54. The number of aliphatic imine (C=N–C) groups is 1. The number of fused-ring (bicyclic) bond motifs is 2. The summed E-state index contributed by atoms with van der Waals surface area (Å²) in [5, 5.41) is 6.91. The lowest BCUT2D eigenvalue weighted by molar-refractivity contribution is -0.171. The fourth-order valence-corrected chi connectivity index (χ4v) is 6.46. The Hall–Kier alpha value is -0.340. The summed E-state index contributed by atoms with van der Waals surface area (Å²) >= 11 is 0. The molecule has 1 spiro atoms. The highest BCUT2D eigenvalue weighted by atomic mass is 127. The average molecular weight is 566 g/mol. The van der Waals surface area contributed by atoms with Gasteiger partial charge in [-0.05, 0) is 39.0 Å². The summed E-state index contributed by atoms with van der Waals surface area (Å²) in [7, 11) is -5.25. The second kappa shape index (κ2) is 8.89. The molecule has 0 bridgehead atoms. The van der Waals surface area contributed by atoms with Crippen molar-refractivity contribution < 1.29 is 26.3 Å². The molecule has 0 amide bonds. The third kappa shape index (κ3) is 4.05. The van der Waals surface area contributed by atoms with Crippen LogP contribution in [0, 0.1) is 11.3 Å². The summed E-state index contributed by atoms with van der Waals surface area (Å²) in [6.07, 6.45) is 5.52. The van der Waals surface area contributed by atoms with Gasteiger partial charge in [0.15, 0.2) is 5.96 Å². The van der Waals surface area contributed by atoms with Crippen molar-refractivity contribution in [2.75, 3.05) is 26.2 Å². The van der Waals surface area contributed by atoms with Crippen LogP contribution in [-0.4, -0.2) is 68.6 Å². The quantitative estimate of drug-likeness (QED) is 0.311. The maximum atomic E-state index is 12.7. The van der Waals surface area contributed by atoms with E-state index in [1.807, 2.05) is 6.92 Å². The van der Waals surface area contributed by atoms with Gasteiger partial charge in [0.25, 0.3) is 0 Å². The number of nitrogens with zero attached hydrogens (tertiary/aromatic N) is 2. The molecule has 7 nitrogen and oxygen atoms in total. The second-order valence-corrected chi connectivity index (χ2v) is 10.5. The summed E-state index contributed by atoms with van der Waals surface area (Å²) < 4.78 is 67.9. The number of alkyl halides is 3. The molecule has 30 heavy (non-hydrogen) atoms. The number of halogens is 4. The van der Waals surface area contributed by atoms with E-state index in [1.165, 1.54) is 6.42 Å². The minimum atomic E-state index is -5.25. The van der Waals surface area contributed by atoms with Crippen LogP contribution in [0.2, 0.25) is 0 Å². The first-order valence-corrected chi connectivity index (χ1v) is 11.9. The Bertz CT molecular complexity index is 752. The zero-order valence-corrected chi connectivity index (χ0v) is 20.1. The number of ether oxygens (including phenoxy) is 1. The highest BCUT2D eigenvalue weighted by Gasteiger charge is 2.66. The fourth-order valence-electron chi connectivity index (χ4n) is 5.47. The molecule has 2 aliphatic heterocycles. The first kappa shape index (κ1) is 24.3. The number of hydrogen-bond acceptors (Lipinski definition) is 4. The molecule has 4 rings (SSSR count). The van der Waals surface area contributed by atoms with E-state index >= 15 is 0 Å². The van der Waals surface area contributed by atoms with Gasteiger partial charge in [0, 0.05) is 49.7 Å².